The highest BCUT2D eigenvalue weighted by Crippen LogP contribution is 2.20. The van der Waals surface area contributed by atoms with Crippen LogP contribution >= 0.6 is 11.6 Å². The van der Waals surface area contributed by atoms with Crippen LogP contribution in [-0.4, -0.2) is 26.7 Å². The fourth-order valence-corrected chi connectivity index (χ4v) is 2.94. The summed E-state index contributed by atoms with van der Waals surface area (Å²) in [6, 6.07) is 16.0. The van der Waals surface area contributed by atoms with Crippen molar-refractivity contribution in [2.24, 2.45) is 0 Å². The van der Waals surface area contributed by atoms with E-state index in [1.54, 1.807) is 0 Å². The van der Waals surface area contributed by atoms with Crippen molar-refractivity contribution in [2.75, 3.05) is 6.61 Å². The van der Waals surface area contributed by atoms with Gasteiger partial charge in [-0.3, -0.25) is 0 Å². The van der Waals surface area contributed by atoms with E-state index in [1.165, 1.54) is 5.56 Å². The Labute approximate surface area is 158 Å². The highest BCUT2D eigenvalue weighted by molar-refractivity contribution is 6.30. The number of aryl methyl sites for hydroxylation is 2. The van der Waals surface area contributed by atoms with E-state index in [-0.39, 0.29) is 6.61 Å². The van der Waals surface area contributed by atoms with E-state index in [0.717, 1.165) is 42.0 Å². The number of aliphatic hydroxyl groups excluding tert-OH is 1. The second kappa shape index (κ2) is 8.88. The Morgan fingerprint density at radius 2 is 1.65 bits per heavy atom. The molecule has 5 heteroatoms. The summed E-state index contributed by atoms with van der Waals surface area (Å²) in [4.78, 5) is 13.8. The molecule has 0 unspecified atom stereocenters. The SMILES string of the molecule is CCc1nc(Cc2ccc(CCCO)cc2)nc(-c2cccc(Cl)c2)n1. The van der Waals surface area contributed by atoms with Gasteiger partial charge in [-0.05, 0) is 36.1 Å². The van der Waals surface area contributed by atoms with Crippen molar-refractivity contribution < 1.29 is 5.11 Å². The summed E-state index contributed by atoms with van der Waals surface area (Å²) in [6.07, 6.45) is 3.09. The second-order valence-electron chi connectivity index (χ2n) is 6.18. The van der Waals surface area contributed by atoms with E-state index in [9.17, 15) is 0 Å². The quantitative estimate of drug-likeness (QED) is 0.677. The van der Waals surface area contributed by atoms with Gasteiger partial charge in [0.15, 0.2) is 5.82 Å². The molecule has 26 heavy (non-hydrogen) atoms. The molecule has 0 aliphatic carbocycles. The maximum absolute atomic E-state index is 8.93. The molecule has 1 N–H and O–H groups in total. The van der Waals surface area contributed by atoms with Crippen LogP contribution in [0.4, 0.5) is 0 Å². The summed E-state index contributed by atoms with van der Waals surface area (Å²) in [5, 5.41) is 9.60. The molecule has 3 rings (SSSR count). The standard InChI is InChI=1S/C21H22ClN3O/c1-2-19-23-20(13-16-10-8-15(9-11-16)5-4-12-26)25-21(24-19)17-6-3-7-18(22)14-17/h3,6-11,14,26H,2,4-5,12-13H2,1H3. The average molecular weight is 368 g/mol. The first-order chi connectivity index (χ1) is 12.7. The number of aromatic nitrogens is 3. The number of hydrogen-bond acceptors (Lipinski definition) is 4. The first-order valence-corrected chi connectivity index (χ1v) is 9.24. The summed E-state index contributed by atoms with van der Waals surface area (Å²) in [7, 11) is 0. The van der Waals surface area contributed by atoms with Crippen LogP contribution in [0.15, 0.2) is 48.5 Å². The van der Waals surface area contributed by atoms with Crippen LogP contribution in [0.5, 0.6) is 0 Å². The molecular formula is C21H22ClN3O. The minimum Gasteiger partial charge on any atom is -0.396 e. The molecule has 0 fully saturated rings. The zero-order chi connectivity index (χ0) is 18.4. The van der Waals surface area contributed by atoms with Gasteiger partial charge in [0.05, 0.1) is 0 Å². The van der Waals surface area contributed by atoms with Crippen molar-refractivity contribution in [2.45, 2.75) is 32.6 Å². The number of benzene rings is 2. The summed E-state index contributed by atoms with van der Waals surface area (Å²) in [5.74, 6) is 2.20. The van der Waals surface area contributed by atoms with E-state index >= 15 is 0 Å². The first kappa shape index (κ1) is 18.5. The predicted octanol–water partition coefficient (Wildman–Crippen LogP) is 4.27. The lowest BCUT2D eigenvalue weighted by Gasteiger charge is -2.08. The number of halogens is 1. The Morgan fingerprint density at radius 1 is 0.923 bits per heavy atom. The van der Waals surface area contributed by atoms with Crippen molar-refractivity contribution in [1.29, 1.82) is 0 Å². The van der Waals surface area contributed by atoms with Crippen LogP contribution in [-0.2, 0) is 19.3 Å². The summed E-state index contributed by atoms with van der Waals surface area (Å²) < 4.78 is 0. The molecule has 0 bridgehead atoms. The first-order valence-electron chi connectivity index (χ1n) is 8.86. The molecule has 0 amide bonds. The number of hydrogen-bond donors (Lipinski definition) is 1. The predicted molar refractivity (Wildman–Crippen MR) is 104 cm³/mol. The maximum atomic E-state index is 8.93. The molecule has 1 heterocycles. The van der Waals surface area contributed by atoms with Crippen LogP contribution in [0.3, 0.4) is 0 Å². The summed E-state index contributed by atoms with van der Waals surface area (Å²) >= 11 is 6.10. The lowest BCUT2D eigenvalue weighted by molar-refractivity contribution is 0.288. The lowest BCUT2D eigenvalue weighted by Crippen LogP contribution is -2.05. The number of rotatable bonds is 7. The fourth-order valence-electron chi connectivity index (χ4n) is 2.75. The topological polar surface area (TPSA) is 58.9 Å². The Kier molecular flexibility index (Phi) is 6.31. The zero-order valence-corrected chi connectivity index (χ0v) is 15.6. The van der Waals surface area contributed by atoms with Gasteiger partial charge in [-0.15, -0.1) is 0 Å². The summed E-state index contributed by atoms with van der Waals surface area (Å²) in [5.41, 5.74) is 3.28. The van der Waals surface area contributed by atoms with Crippen LogP contribution in [0.25, 0.3) is 11.4 Å². The maximum Gasteiger partial charge on any atom is 0.163 e. The van der Waals surface area contributed by atoms with Gasteiger partial charge >= 0.3 is 0 Å². The Hall–Kier alpha value is -2.30. The lowest BCUT2D eigenvalue weighted by atomic mass is 10.1. The third kappa shape index (κ3) is 4.87. The molecule has 134 valence electrons. The Morgan fingerprint density at radius 3 is 2.35 bits per heavy atom. The molecule has 0 radical (unpaired) electrons. The molecule has 0 atom stereocenters. The Bertz CT molecular complexity index is 865. The van der Waals surface area contributed by atoms with Gasteiger partial charge in [0.2, 0.25) is 0 Å². The van der Waals surface area contributed by atoms with Gasteiger partial charge in [-0.25, -0.2) is 15.0 Å². The zero-order valence-electron chi connectivity index (χ0n) is 14.8. The van der Waals surface area contributed by atoms with E-state index in [1.807, 2.05) is 31.2 Å². The van der Waals surface area contributed by atoms with E-state index in [0.29, 0.717) is 17.3 Å². The molecule has 1 aromatic heterocycles. The van der Waals surface area contributed by atoms with Crippen LogP contribution in [0, 0.1) is 0 Å². The van der Waals surface area contributed by atoms with E-state index < -0.39 is 0 Å². The normalized spacial score (nSPS) is 10.9. The van der Waals surface area contributed by atoms with Gasteiger partial charge in [0.1, 0.15) is 11.6 Å². The molecular weight excluding hydrogens is 346 g/mol. The van der Waals surface area contributed by atoms with Gasteiger partial charge < -0.3 is 5.11 Å². The van der Waals surface area contributed by atoms with E-state index in [4.69, 9.17) is 16.7 Å². The van der Waals surface area contributed by atoms with Crippen LogP contribution in [0.1, 0.15) is 36.1 Å². The Balaban J connectivity index is 1.84. The third-order valence-corrected chi connectivity index (χ3v) is 4.37. The molecule has 0 aliphatic heterocycles. The van der Waals surface area contributed by atoms with Gasteiger partial charge in [0, 0.05) is 30.0 Å². The number of nitrogens with zero attached hydrogens (tertiary/aromatic N) is 3. The van der Waals surface area contributed by atoms with Gasteiger partial charge in [-0.2, -0.15) is 0 Å². The largest absolute Gasteiger partial charge is 0.396 e. The molecule has 0 saturated carbocycles. The molecule has 0 aliphatic rings. The second-order valence-corrected chi connectivity index (χ2v) is 6.61. The smallest absolute Gasteiger partial charge is 0.163 e. The van der Waals surface area contributed by atoms with Crippen molar-refractivity contribution in [1.82, 2.24) is 15.0 Å². The van der Waals surface area contributed by atoms with Crippen molar-refractivity contribution in [3.8, 4) is 11.4 Å². The van der Waals surface area contributed by atoms with Crippen molar-refractivity contribution in [3.05, 3.63) is 76.3 Å². The molecule has 2 aromatic carbocycles. The van der Waals surface area contributed by atoms with Crippen molar-refractivity contribution in [3.63, 3.8) is 0 Å². The molecule has 0 spiro atoms. The molecule has 4 nitrogen and oxygen atoms in total. The van der Waals surface area contributed by atoms with Crippen LogP contribution in [0.2, 0.25) is 5.02 Å². The third-order valence-electron chi connectivity index (χ3n) is 4.14. The minimum atomic E-state index is 0.221. The number of aliphatic hydroxyl groups is 1. The van der Waals surface area contributed by atoms with Gasteiger partial charge in [-0.1, -0.05) is 54.9 Å². The van der Waals surface area contributed by atoms with Crippen LogP contribution < -0.4 is 0 Å². The molecule has 0 saturated heterocycles. The van der Waals surface area contributed by atoms with Gasteiger partial charge in [0.25, 0.3) is 0 Å². The fraction of sp³-hybridized carbons (Fsp3) is 0.286. The monoisotopic (exact) mass is 367 g/mol. The van der Waals surface area contributed by atoms with E-state index in [2.05, 4.69) is 39.2 Å². The highest BCUT2D eigenvalue weighted by atomic mass is 35.5. The van der Waals surface area contributed by atoms with Crippen molar-refractivity contribution >= 4 is 11.6 Å². The molecule has 3 aromatic rings. The average Bonchev–Trinajstić information content (AvgIpc) is 2.67. The minimum absolute atomic E-state index is 0.221. The highest BCUT2D eigenvalue weighted by Gasteiger charge is 2.09. The summed E-state index contributed by atoms with van der Waals surface area (Å²) in [6.45, 7) is 2.26.